The van der Waals surface area contributed by atoms with Crippen LogP contribution < -0.4 is 19.1 Å². The number of nitrogens with zero attached hydrogens (tertiary/aromatic N) is 3. The first-order chi connectivity index (χ1) is 12.9. The van der Waals surface area contributed by atoms with E-state index in [-0.39, 0.29) is 5.82 Å². The lowest BCUT2D eigenvalue weighted by atomic mass is 10.2. The van der Waals surface area contributed by atoms with E-state index in [1.54, 1.807) is 31.4 Å². The van der Waals surface area contributed by atoms with Crippen molar-refractivity contribution in [3.8, 4) is 11.5 Å². The summed E-state index contributed by atoms with van der Waals surface area (Å²) in [5.74, 6) is 1.33. The maximum Gasteiger partial charge on any atom is 0.223 e. The third kappa shape index (κ3) is 4.56. The van der Waals surface area contributed by atoms with Crippen molar-refractivity contribution in [2.75, 3.05) is 26.2 Å². The SMILES string of the molecule is C=C(N[SH](=O)=O)N(/C(=N\C)c1cc(C)ccn1)c1c(OC)cccc1OC. The van der Waals surface area contributed by atoms with Crippen LogP contribution in [0.15, 0.2) is 53.9 Å². The molecule has 1 heterocycles. The number of ether oxygens (including phenoxy) is 2. The average molecular weight is 390 g/mol. The molecule has 0 saturated carbocycles. The Kier molecular flexibility index (Phi) is 6.78. The molecule has 8 nitrogen and oxygen atoms in total. The van der Waals surface area contributed by atoms with Crippen molar-refractivity contribution in [3.63, 3.8) is 0 Å². The highest BCUT2D eigenvalue weighted by Crippen LogP contribution is 2.39. The molecular weight excluding hydrogens is 368 g/mol. The third-order valence-electron chi connectivity index (χ3n) is 3.68. The number of pyridine rings is 1. The summed E-state index contributed by atoms with van der Waals surface area (Å²) in [7, 11) is 1.66. The minimum Gasteiger partial charge on any atom is -0.494 e. The molecule has 1 aromatic carbocycles. The maximum absolute atomic E-state index is 11.3. The van der Waals surface area contributed by atoms with Gasteiger partial charge in [0.15, 0.2) is 5.84 Å². The van der Waals surface area contributed by atoms with Crippen molar-refractivity contribution in [2.24, 2.45) is 4.99 Å². The normalized spacial score (nSPS) is 11.2. The standard InChI is InChI=1S/C18H22N4O4S/c1-12-9-10-20-14(11-12)18(19-3)22(13(2)21-27(23)24)17-15(25-4)7-6-8-16(17)26-5/h6-11,27H,2H2,1,3-5H3,(H,21,23,24)/b19-18-. The van der Waals surface area contributed by atoms with Crippen LogP contribution in [-0.2, 0) is 10.9 Å². The van der Waals surface area contributed by atoms with E-state index in [0.717, 1.165) is 5.56 Å². The Labute approximate surface area is 160 Å². The van der Waals surface area contributed by atoms with Gasteiger partial charge in [-0.3, -0.25) is 19.6 Å². The van der Waals surface area contributed by atoms with Gasteiger partial charge < -0.3 is 9.47 Å². The minimum atomic E-state index is -2.94. The quantitative estimate of drug-likeness (QED) is 0.426. The molecule has 0 unspecified atom stereocenters. The number of para-hydroxylation sites is 1. The summed E-state index contributed by atoms with van der Waals surface area (Å²) >= 11 is 0. The number of thiol groups is 1. The number of aryl methyl sites for hydroxylation is 1. The molecule has 0 radical (unpaired) electrons. The number of aliphatic imine (C=N–C) groups is 1. The zero-order chi connectivity index (χ0) is 20.0. The summed E-state index contributed by atoms with van der Waals surface area (Å²) in [6, 6.07) is 8.91. The van der Waals surface area contributed by atoms with Gasteiger partial charge in [0.25, 0.3) is 0 Å². The Bertz CT molecular complexity index is 910. The van der Waals surface area contributed by atoms with Crippen molar-refractivity contribution in [3.05, 3.63) is 60.2 Å². The van der Waals surface area contributed by atoms with Gasteiger partial charge in [0.1, 0.15) is 28.7 Å². The fraction of sp³-hybridized carbons (Fsp3) is 0.222. The van der Waals surface area contributed by atoms with Crippen LogP contribution in [0.5, 0.6) is 11.5 Å². The molecule has 0 aliphatic heterocycles. The lowest BCUT2D eigenvalue weighted by molar-refractivity contribution is 0.396. The summed E-state index contributed by atoms with van der Waals surface area (Å²) in [6.07, 6.45) is 1.65. The fourth-order valence-electron chi connectivity index (χ4n) is 2.56. The highest BCUT2D eigenvalue weighted by molar-refractivity contribution is 7.70. The molecule has 0 amide bonds. The smallest absolute Gasteiger partial charge is 0.223 e. The summed E-state index contributed by atoms with van der Waals surface area (Å²) < 4.78 is 35.8. The molecule has 0 atom stereocenters. The summed E-state index contributed by atoms with van der Waals surface area (Å²) in [5.41, 5.74) is 1.96. The van der Waals surface area contributed by atoms with Gasteiger partial charge in [-0.2, -0.15) is 0 Å². The second-order valence-electron chi connectivity index (χ2n) is 5.43. The van der Waals surface area contributed by atoms with Crippen molar-refractivity contribution in [2.45, 2.75) is 6.92 Å². The van der Waals surface area contributed by atoms with Gasteiger partial charge in [-0.1, -0.05) is 12.6 Å². The van der Waals surface area contributed by atoms with Gasteiger partial charge in [-0.05, 0) is 36.8 Å². The van der Waals surface area contributed by atoms with Gasteiger partial charge in [0, 0.05) is 13.2 Å². The number of aromatic nitrogens is 1. The van der Waals surface area contributed by atoms with Gasteiger partial charge in [0.2, 0.25) is 10.9 Å². The van der Waals surface area contributed by atoms with E-state index < -0.39 is 10.9 Å². The first kappa shape index (κ1) is 20.2. The first-order valence-electron chi connectivity index (χ1n) is 7.93. The molecule has 0 bridgehead atoms. The van der Waals surface area contributed by atoms with E-state index >= 15 is 0 Å². The molecule has 0 fully saturated rings. The Morgan fingerprint density at radius 2 is 1.85 bits per heavy atom. The second-order valence-corrected chi connectivity index (χ2v) is 6.17. The predicted octanol–water partition coefficient (Wildman–Crippen LogP) is 1.88. The maximum atomic E-state index is 11.3. The second kappa shape index (κ2) is 9.04. The first-order valence-corrected chi connectivity index (χ1v) is 9.11. The third-order valence-corrected chi connectivity index (χ3v) is 4.12. The summed E-state index contributed by atoms with van der Waals surface area (Å²) in [6.45, 7) is 5.78. The van der Waals surface area contributed by atoms with Crippen LogP contribution >= 0.6 is 0 Å². The van der Waals surface area contributed by atoms with E-state index in [4.69, 9.17) is 9.47 Å². The number of anilines is 1. The molecule has 2 aromatic rings. The Morgan fingerprint density at radius 3 is 2.33 bits per heavy atom. The molecule has 0 aliphatic carbocycles. The van der Waals surface area contributed by atoms with Crippen LogP contribution in [0.2, 0.25) is 0 Å². The van der Waals surface area contributed by atoms with Crippen LogP contribution in [0.1, 0.15) is 11.3 Å². The topological polar surface area (TPSA) is 93.1 Å². The lowest BCUT2D eigenvalue weighted by Crippen LogP contribution is -2.37. The van der Waals surface area contributed by atoms with Gasteiger partial charge >= 0.3 is 0 Å². The number of nitrogens with one attached hydrogen (secondary N) is 1. The minimum absolute atomic E-state index is 0.0535. The van der Waals surface area contributed by atoms with E-state index in [9.17, 15) is 8.42 Å². The molecule has 1 N–H and O–H groups in total. The zero-order valence-corrected chi connectivity index (χ0v) is 16.5. The number of amidine groups is 1. The molecule has 2 rings (SSSR count). The Balaban J connectivity index is 2.75. The van der Waals surface area contributed by atoms with Crippen LogP contribution in [0.3, 0.4) is 0 Å². The van der Waals surface area contributed by atoms with Gasteiger partial charge in [-0.15, -0.1) is 0 Å². The molecule has 9 heteroatoms. The molecule has 0 saturated heterocycles. The molecule has 0 spiro atoms. The predicted molar refractivity (Wildman–Crippen MR) is 106 cm³/mol. The number of hydrogen-bond donors (Lipinski definition) is 2. The van der Waals surface area contributed by atoms with Crippen LogP contribution in [0.25, 0.3) is 0 Å². The monoisotopic (exact) mass is 390 g/mol. The Morgan fingerprint density at radius 1 is 1.22 bits per heavy atom. The average Bonchev–Trinajstić information content (AvgIpc) is 2.64. The fourth-order valence-corrected chi connectivity index (χ4v) is 2.87. The van der Waals surface area contributed by atoms with Crippen LogP contribution in [0.4, 0.5) is 5.69 Å². The number of methoxy groups -OCH3 is 2. The van der Waals surface area contributed by atoms with E-state index in [1.807, 2.05) is 19.1 Å². The molecule has 0 aliphatic rings. The molecule has 144 valence electrons. The van der Waals surface area contributed by atoms with Crippen molar-refractivity contribution >= 4 is 22.4 Å². The van der Waals surface area contributed by atoms with Crippen LogP contribution in [0, 0.1) is 6.92 Å². The van der Waals surface area contributed by atoms with E-state index in [2.05, 4.69) is 21.3 Å². The molecule has 27 heavy (non-hydrogen) atoms. The Hall–Kier alpha value is -3.07. The number of benzene rings is 1. The molecule has 1 aromatic heterocycles. The molecular formula is C18H22N4O4S. The summed E-state index contributed by atoms with van der Waals surface area (Å²) in [4.78, 5) is 10.2. The van der Waals surface area contributed by atoms with E-state index in [0.29, 0.717) is 28.7 Å². The van der Waals surface area contributed by atoms with Crippen LogP contribution in [-0.4, -0.2) is 40.5 Å². The summed E-state index contributed by atoms with van der Waals surface area (Å²) in [5, 5.41) is 0. The van der Waals surface area contributed by atoms with Gasteiger partial charge in [0.05, 0.1) is 14.2 Å². The highest BCUT2D eigenvalue weighted by Gasteiger charge is 2.26. The number of hydrogen-bond acceptors (Lipinski definition) is 6. The van der Waals surface area contributed by atoms with Crippen molar-refractivity contribution in [1.82, 2.24) is 9.71 Å². The van der Waals surface area contributed by atoms with Crippen molar-refractivity contribution in [1.29, 1.82) is 0 Å². The zero-order valence-electron chi connectivity index (χ0n) is 15.6. The lowest BCUT2D eigenvalue weighted by Gasteiger charge is -2.29. The van der Waals surface area contributed by atoms with E-state index in [1.165, 1.54) is 19.1 Å². The highest BCUT2D eigenvalue weighted by atomic mass is 32.2. The number of rotatable bonds is 7. The van der Waals surface area contributed by atoms with Gasteiger partial charge in [-0.25, -0.2) is 8.42 Å². The largest absolute Gasteiger partial charge is 0.494 e. The van der Waals surface area contributed by atoms with Crippen molar-refractivity contribution < 1.29 is 17.9 Å².